The van der Waals surface area contributed by atoms with Crippen molar-refractivity contribution in [1.82, 2.24) is 0 Å². The van der Waals surface area contributed by atoms with Crippen LogP contribution in [-0.4, -0.2) is 32.6 Å². The van der Waals surface area contributed by atoms with E-state index < -0.39 is 28.2 Å². The molecule has 0 atom stereocenters. The van der Waals surface area contributed by atoms with Crippen molar-refractivity contribution in [3.05, 3.63) is 67.0 Å². The zero-order valence-corrected chi connectivity index (χ0v) is 14.7. The molecule has 6 nitrogen and oxygen atoms in total. The van der Waals surface area contributed by atoms with Gasteiger partial charge in [0.2, 0.25) is 0 Å². The first-order chi connectivity index (χ1) is 12.3. The number of aliphatic carboxylic acids is 1. The van der Waals surface area contributed by atoms with Gasteiger partial charge in [-0.15, -0.1) is 0 Å². The minimum Gasteiger partial charge on any atom is -0.489 e. The van der Waals surface area contributed by atoms with Crippen molar-refractivity contribution in [2.45, 2.75) is 11.3 Å². The van der Waals surface area contributed by atoms with Crippen molar-refractivity contribution in [1.29, 1.82) is 0 Å². The highest BCUT2D eigenvalue weighted by atomic mass is 32.2. The van der Waals surface area contributed by atoms with Gasteiger partial charge in [0.1, 0.15) is 18.2 Å². The molecule has 0 fully saturated rings. The fraction of sp³-hybridized carbons (Fsp3) is 0.167. The number of hydrogen-bond donors (Lipinski definition) is 1. The summed E-state index contributed by atoms with van der Waals surface area (Å²) in [7, 11) is -4.08. The minimum absolute atomic E-state index is 0.137. The summed E-state index contributed by atoms with van der Waals surface area (Å²) in [6.07, 6.45) is 1.16. The predicted molar refractivity (Wildman–Crippen MR) is 95.3 cm³/mol. The summed E-state index contributed by atoms with van der Waals surface area (Å²) in [6, 6.07) is 10.6. The lowest BCUT2D eigenvalue weighted by molar-refractivity contribution is -0.136. The maximum Gasteiger partial charge on any atom is 0.305 e. The number of anilines is 1. The van der Waals surface area contributed by atoms with Gasteiger partial charge in [0, 0.05) is 12.6 Å². The molecule has 0 radical (unpaired) electrons. The predicted octanol–water partition coefficient (Wildman–Crippen LogP) is 3.06. The first kappa shape index (κ1) is 19.5. The smallest absolute Gasteiger partial charge is 0.305 e. The van der Waals surface area contributed by atoms with E-state index in [1.807, 2.05) is 0 Å². The van der Waals surface area contributed by atoms with E-state index in [1.54, 1.807) is 18.2 Å². The Balaban J connectivity index is 2.44. The van der Waals surface area contributed by atoms with Crippen LogP contribution in [-0.2, 0) is 14.8 Å². The van der Waals surface area contributed by atoms with Crippen molar-refractivity contribution in [2.24, 2.45) is 0 Å². The SMILES string of the molecule is C=CCOc1cccc(N(CCC(=O)O)S(=O)(=O)c2ccc(F)cc2)c1. The second-order valence-corrected chi connectivity index (χ2v) is 7.13. The van der Waals surface area contributed by atoms with Crippen LogP contribution in [0.5, 0.6) is 5.75 Å². The molecule has 0 unspecified atom stereocenters. The number of sulfonamides is 1. The standard InChI is InChI=1S/C18H18FNO5S/c1-2-12-25-16-5-3-4-15(13-16)20(11-10-18(21)22)26(23,24)17-8-6-14(19)7-9-17/h2-9,13H,1,10-12H2,(H,21,22). The highest BCUT2D eigenvalue weighted by Crippen LogP contribution is 2.27. The van der Waals surface area contributed by atoms with Gasteiger partial charge >= 0.3 is 5.97 Å². The third-order valence-corrected chi connectivity index (χ3v) is 5.25. The lowest BCUT2D eigenvalue weighted by Crippen LogP contribution is -2.33. The van der Waals surface area contributed by atoms with Crippen LogP contribution in [0, 0.1) is 5.82 Å². The number of nitrogens with zero attached hydrogens (tertiary/aromatic N) is 1. The van der Waals surface area contributed by atoms with Gasteiger partial charge < -0.3 is 9.84 Å². The Morgan fingerprint density at radius 1 is 1.23 bits per heavy atom. The summed E-state index contributed by atoms with van der Waals surface area (Å²) in [5.41, 5.74) is 0.247. The third-order valence-electron chi connectivity index (χ3n) is 3.40. The molecule has 2 aromatic carbocycles. The zero-order valence-electron chi connectivity index (χ0n) is 13.8. The van der Waals surface area contributed by atoms with E-state index in [1.165, 1.54) is 12.1 Å². The Morgan fingerprint density at radius 2 is 1.92 bits per heavy atom. The van der Waals surface area contributed by atoms with Crippen molar-refractivity contribution < 1.29 is 27.4 Å². The van der Waals surface area contributed by atoms with Crippen LogP contribution in [0.2, 0.25) is 0 Å². The molecule has 0 saturated carbocycles. The van der Waals surface area contributed by atoms with Crippen molar-refractivity contribution in [2.75, 3.05) is 17.5 Å². The Labute approximate surface area is 151 Å². The number of rotatable bonds is 9. The van der Waals surface area contributed by atoms with E-state index in [0.29, 0.717) is 5.75 Å². The first-order valence-corrected chi connectivity index (χ1v) is 9.12. The van der Waals surface area contributed by atoms with Crippen LogP contribution in [0.3, 0.4) is 0 Å². The molecule has 0 aromatic heterocycles. The number of carboxylic acids is 1. The number of carbonyl (C=O) groups is 1. The third kappa shape index (κ3) is 4.82. The van der Waals surface area contributed by atoms with E-state index in [-0.39, 0.29) is 23.7 Å². The molecule has 0 bridgehead atoms. The van der Waals surface area contributed by atoms with Gasteiger partial charge in [0.05, 0.1) is 17.0 Å². The molecule has 0 heterocycles. The van der Waals surface area contributed by atoms with Gasteiger partial charge in [-0.1, -0.05) is 18.7 Å². The van der Waals surface area contributed by atoms with E-state index in [2.05, 4.69) is 6.58 Å². The second-order valence-electron chi connectivity index (χ2n) is 5.27. The Morgan fingerprint density at radius 3 is 2.54 bits per heavy atom. The van der Waals surface area contributed by atoms with E-state index >= 15 is 0 Å². The second kappa shape index (κ2) is 8.48. The summed E-state index contributed by atoms with van der Waals surface area (Å²) in [5.74, 6) is -1.29. The highest BCUT2D eigenvalue weighted by Gasteiger charge is 2.26. The molecule has 0 aliphatic rings. The number of carboxylic acid groups (broad SMARTS) is 1. The van der Waals surface area contributed by atoms with Crippen LogP contribution in [0.25, 0.3) is 0 Å². The van der Waals surface area contributed by atoms with E-state index in [0.717, 1.165) is 28.6 Å². The number of benzene rings is 2. The zero-order chi connectivity index (χ0) is 19.2. The molecule has 0 amide bonds. The van der Waals surface area contributed by atoms with Crippen molar-refractivity contribution in [3.63, 3.8) is 0 Å². The molecule has 26 heavy (non-hydrogen) atoms. The average Bonchev–Trinajstić information content (AvgIpc) is 2.60. The van der Waals surface area contributed by atoms with Gasteiger partial charge in [0.25, 0.3) is 10.0 Å². The molecular formula is C18H18FNO5S. The molecule has 138 valence electrons. The molecular weight excluding hydrogens is 361 g/mol. The Bertz CT molecular complexity index is 881. The fourth-order valence-electron chi connectivity index (χ4n) is 2.20. The van der Waals surface area contributed by atoms with Crippen LogP contribution in [0.1, 0.15) is 6.42 Å². The molecule has 8 heteroatoms. The minimum atomic E-state index is -4.08. The molecule has 0 aliphatic heterocycles. The molecule has 2 rings (SSSR count). The summed E-state index contributed by atoms with van der Waals surface area (Å²) < 4.78 is 45.4. The normalized spacial score (nSPS) is 11.0. The number of halogens is 1. The monoisotopic (exact) mass is 379 g/mol. The number of hydrogen-bond acceptors (Lipinski definition) is 4. The first-order valence-electron chi connectivity index (χ1n) is 7.68. The van der Waals surface area contributed by atoms with Gasteiger partial charge in [-0.3, -0.25) is 9.10 Å². The maximum absolute atomic E-state index is 13.1. The largest absolute Gasteiger partial charge is 0.489 e. The quantitative estimate of drug-likeness (QED) is 0.677. The van der Waals surface area contributed by atoms with Gasteiger partial charge in [-0.05, 0) is 36.4 Å². The Hall–Kier alpha value is -2.87. The molecule has 0 spiro atoms. The van der Waals surface area contributed by atoms with Crippen molar-refractivity contribution >= 4 is 21.7 Å². The summed E-state index contributed by atoms with van der Waals surface area (Å²) in [5, 5.41) is 8.95. The van der Waals surface area contributed by atoms with Gasteiger partial charge in [-0.2, -0.15) is 0 Å². The maximum atomic E-state index is 13.1. The fourth-order valence-corrected chi connectivity index (χ4v) is 3.66. The van der Waals surface area contributed by atoms with Crippen LogP contribution in [0.15, 0.2) is 66.1 Å². The molecule has 0 saturated heterocycles. The molecule has 2 aromatic rings. The topological polar surface area (TPSA) is 83.9 Å². The van der Waals surface area contributed by atoms with Crippen molar-refractivity contribution in [3.8, 4) is 5.75 Å². The molecule has 1 N–H and O–H groups in total. The lowest BCUT2D eigenvalue weighted by atomic mass is 10.3. The van der Waals surface area contributed by atoms with Crippen LogP contribution >= 0.6 is 0 Å². The van der Waals surface area contributed by atoms with Crippen LogP contribution < -0.4 is 9.04 Å². The van der Waals surface area contributed by atoms with Gasteiger partial charge in [-0.25, -0.2) is 12.8 Å². The Kier molecular flexibility index (Phi) is 6.35. The van der Waals surface area contributed by atoms with E-state index in [4.69, 9.17) is 9.84 Å². The van der Waals surface area contributed by atoms with E-state index in [9.17, 15) is 17.6 Å². The highest BCUT2D eigenvalue weighted by molar-refractivity contribution is 7.92. The summed E-state index contributed by atoms with van der Waals surface area (Å²) in [6.45, 7) is 3.50. The summed E-state index contributed by atoms with van der Waals surface area (Å²) in [4.78, 5) is 10.8. The molecule has 0 aliphatic carbocycles. The lowest BCUT2D eigenvalue weighted by Gasteiger charge is -2.24. The van der Waals surface area contributed by atoms with Crippen LogP contribution in [0.4, 0.5) is 10.1 Å². The van der Waals surface area contributed by atoms with Gasteiger partial charge in [0.15, 0.2) is 0 Å². The summed E-state index contributed by atoms with van der Waals surface area (Å²) >= 11 is 0. The number of ether oxygens (including phenoxy) is 1. The average molecular weight is 379 g/mol.